The van der Waals surface area contributed by atoms with Gasteiger partial charge >= 0.3 is 0 Å². The molecule has 4 N–H and O–H groups in total. The Hall–Kier alpha value is -2.47. The molecular formula is C21H27N5O. The van der Waals surface area contributed by atoms with Crippen molar-refractivity contribution in [3.63, 3.8) is 0 Å². The molecule has 27 heavy (non-hydrogen) atoms. The summed E-state index contributed by atoms with van der Waals surface area (Å²) in [7, 11) is 0. The number of nitrogens with two attached hydrogens (primary N) is 1. The van der Waals surface area contributed by atoms with Crippen LogP contribution in [0.2, 0.25) is 0 Å². The molecule has 2 fully saturated rings. The van der Waals surface area contributed by atoms with E-state index in [1.807, 2.05) is 18.2 Å². The molecule has 1 aliphatic heterocycles. The molecule has 6 nitrogen and oxygen atoms in total. The standard InChI is InChI=1S/C21H27N5O/c1-13-7-15(27)11-26(13)19-9-18(24-12-25-19)20(23)16-8-14(3-4-17(16)22)10-21(2)5-6-21/h3-4,8-9,12-13,15,23,27H,5-7,10-11,22H2,1-2H3. The fourth-order valence-electron chi connectivity index (χ4n) is 3.91. The lowest BCUT2D eigenvalue weighted by molar-refractivity contribution is 0.195. The average molecular weight is 365 g/mol. The quantitative estimate of drug-likeness (QED) is 0.559. The third-order valence-corrected chi connectivity index (χ3v) is 5.88. The number of nitrogen functional groups attached to an aromatic ring is 1. The summed E-state index contributed by atoms with van der Waals surface area (Å²) >= 11 is 0. The number of aliphatic hydroxyl groups is 1. The molecule has 2 atom stereocenters. The number of aliphatic hydroxyl groups excluding tert-OH is 1. The van der Waals surface area contributed by atoms with E-state index in [1.165, 1.54) is 24.7 Å². The molecule has 1 aromatic heterocycles. The minimum absolute atomic E-state index is 0.213. The number of β-amino-alcohol motifs (C(OH)–C–C–N with tert-alkyl or cyclic N) is 1. The van der Waals surface area contributed by atoms with Gasteiger partial charge in [-0.25, -0.2) is 9.97 Å². The second-order valence-electron chi connectivity index (χ2n) is 8.44. The maximum atomic E-state index is 9.91. The number of nitrogens with zero attached hydrogens (tertiary/aromatic N) is 3. The Labute approximate surface area is 160 Å². The van der Waals surface area contributed by atoms with Crippen molar-refractivity contribution < 1.29 is 5.11 Å². The van der Waals surface area contributed by atoms with Crippen molar-refractivity contribution in [3.8, 4) is 0 Å². The van der Waals surface area contributed by atoms with Crippen molar-refractivity contribution in [2.24, 2.45) is 5.41 Å². The van der Waals surface area contributed by atoms with E-state index in [4.69, 9.17) is 11.1 Å². The van der Waals surface area contributed by atoms with Crippen molar-refractivity contribution in [3.05, 3.63) is 47.4 Å². The number of aromatic nitrogens is 2. The smallest absolute Gasteiger partial charge is 0.132 e. The lowest BCUT2D eigenvalue weighted by atomic mass is 9.95. The van der Waals surface area contributed by atoms with Gasteiger partial charge in [-0.3, -0.25) is 5.41 Å². The van der Waals surface area contributed by atoms with Gasteiger partial charge in [0.1, 0.15) is 12.1 Å². The van der Waals surface area contributed by atoms with Crippen LogP contribution in [0, 0.1) is 10.8 Å². The van der Waals surface area contributed by atoms with Gasteiger partial charge in [0, 0.05) is 29.9 Å². The molecular weight excluding hydrogens is 338 g/mol. The Kier molecular flexibility index (Phi) is 4.38. The molecule has 0 radical (unpaired) electrons. The number of anilines is 2. The van der Waals surface area contributed by atoms with Crippen LogP contribution in [0.25, 0.3) is 0 Å². The van der Waals surface area contributed by atoms with Crippen LogP contribution in [-0.4, -0.2) is 39.5 Å². The molecule has 4 rings (SSSR count). The predicted octanol–water partition coefficient (Wildman–Crippen LogP) is 2.78. The third kappa shape index (κ3) is 3.67. The Balaban J connectivity index is 1.61. The van der Waals surface area contributed by atoms with E-state index < -0.39 is 0 Å². The average Bonchev–Trinajstić information content (AvgIpc) is 3.27. The second kappa shape index (κ2) is 6.60. The Morgan fingerprint density at radius 1 is 1.33 bits per heavy atom. The second-order valence-corrected chi connectivity index (χ2v) is 8.44. The highest BCUT2D eigenvalue weighted by Crippen LogP contribution is 2.47. The number of benzene rings is 1. The van der Waals surface area contributed by atoms with Crippen molar-refractivity contribution in [1.82, 2.24) is 9.97 Å². The van der Waals surface area contributed by atoms with Gasteiger partial charge in [-0.2, -0.15) is 0 Å². The molecule has 2 heterocycles. The van der Waals surface area contributed by atoms with Crippen LogP contribution >= 0.6 is 0 Å². The van der Waals surface area contributed by atoms with Gasteiger partial charge in [-0.15, -0.1) is 0 Å². The number of nitrogens with one attached hydrogen (secondary N) is 1. The van der Waals surface area contributed by atoms with E-state index in [0.29, 0.717) is 29.1 Å². The molecule has 2 aromatic rings. The van der Waals surface area contributed by atoms with Gasteiger partial charge in [0.2, 0.25) is 0 Å². The Bertz CT molecular complexity index is 877. The summed E-state index contributed by atoms with van der Waals surface area (Å²) in [5.41, 5.74) is 9.98. The summed E-state index contributed by atoms with van der Waals surface area (Å²) in [6.07, 6.45) is 5.42. The van der Waals surface area contributed by atoms with Crippen molar-refractivity contribution in [2.45, 2.75) is 51.7 Å². The van der Waals surface area contributed by atoms with Crippen molar-refractivity contribution in [2.75, 3.05) is 17.2 Å². The number of rotatable bonds is 5. The summed E-state index contributed by atoms with van der Waals surface area (Å²) in [5, 5.41) is 18.6. The van der Waals surface area contributed by atoms with Crippen LogP contribution in [-0.2, 0) is 6.42 Å². The van der Waals surface area contributed by atoms with Gasteiger partial charge in [0.15, 0.2) is 0 Å². The zero-order valence-electron chi connectivity index (χ0n) is 15.9. The Morgan fingerprint density at radius 3 is 2.78 bits per heavy atom. The first kappa shape index (κ1) is 17.9. The van der Waals surface area contributed by atoms with E-state index in [1.54, 1.807) is 0 Å². The summed E-state index contributed by atoms with van der Waals surface area (Å²) in [6, 6.07) is 8.03. The van der Waals surface area contributed by atoms with Gasteiger partial charge < -0.3 is 15.7 Å². The van der Waals surface area contributed by atoms with Crippen LogP contribution in [0.5, 0.6) is 0 Å². The number of hydrogen-bond donors (Lipinski definition) is 3. The summed E-state index contributed by atoms with van der Waals surface area (Å²) in [5.74, 6) is 0.744. The molecule has 1 aliphatic carbocycles. The minimum Gasteiger partial charge on any atom is -0.398 e. The monoisotopic (exact) mass is 365 g/mol. The Morgan fingerprint density at radius 2 is 2.11 bits per heavy atom. The summed E-state index contributed by atoms with van der Waals surface area (Å²) < 4.78 is 0. The first-order valence-corrected chi connectivity index (χ1v) is 9.59. The van der Waals surface area contributed by atoms with Crippen LogP contribution in [0.4, 0.5) is 11.5 Å². The van der Waals surface area contributed by atoms with E-state index in [2.05, 4.69) is 34.8 Å². The molecule has 1 saturated heterocycles. The largest absolute Gasteiger partial charge is 0.398 e. The maximum Gasteiger partial charge on any atom is 0.132 e. The zero-order chi connectivity index (χ0) is 19.2. The van der Waals surface area contributed by atoms with Gasteiger partial charge in [-0.05, 0) is 55.7 Å². The normalized spacial score (nSPS) is 23.4. The molecule has 0 spiro atoms. The van der Waals surface area contributed by atoms with Crippen molar-refractivity contribution >= 4 is 17.2 Å². The zero-order valence-corrected chi connectivity index (χ0v) is 15.9. The van der Waals surface area contributed by atoms with Crippen LogP contribution < -0.4 is 10.6 Å². The lowest BCUT2D eigenvalue weighted by Crippen LogP contribution is -2.28. The van der Waals surface area contributed by atoms with E-state index in [-0.39, 0.29) is 12.1 Å². The predicted molar refractivity (Wildman–Crippen MR) is 107 cm³/mol. The summed E-state index contributed by atoms with van der Waals surface area (Å²) in [6.45, 7) is 4.93. The molecule has 1 aromatic carbocycles. The SMILES string of the molecule is CC1CC(O)CN1c1cc(C(=N)c2cc(CC3(C)CC3)ccc2N)ncn1. The van der Waals surface area contributed by atoms with E-state index >= 15 is 0 Å². The molecule has 2 unspecified atom stereocenters. The highest BCUT2D eigenvalue weighted by atomic mass is 16.3. The fourth-order valence-corrected chi connectivity index (χ4v) is 3.91. The molecule has 0 amide bonds. The van der Waals surface area contributed by atoms with Gasteiger partial charge in [0.25, 0.3) is 0 Å². The lowest BCUT2D eigenvalue weighted by Gasteiger charge is -2.22. The van der Waals surface area contributed by atoms with E-state index in [0.717, 1.165) is 24.2 Å². The van der Waals surface area contributed by atoms with Crippen molar-refractivity contribution in [1.29, 1.82) is 5.41 Å². The van der Waals surface area contributed by atoms with Crippen LogP contribution in [0.1, 0.15) is 49.9 Å². The van der Waals surface area contributed by atoms with E-state index in [9.17, 15) is 5.11 Å². The first-order valence-electron chi connectivity index (χ1n) is 9.59. The topological polar surface area (TPSA) is 99.1 Å². The maximum absolute atomic E-state index is 9.91. The number of hydrogen-bond acceptors (Lipinski definition) is 6. The molecule has 0 bridgehead atoms. The first-order chi connectivity index (χ1) is 12.8. The molecule has 1 saturated carbocycles. The highest BCUT2D eigenvalue weighted by Gasteiger charge is 2.37. The van der Waals surface area contributed by atoms with Crippen LogP contribution in [0.3, 0.4) is 0 Å². The molecule has 6 heteroatoms. The minimum atomic E-state index is -0.339. The van der Waals surface area contributed by atoms with Gasteiger partial charge in [0.05, 0.1) is 17.5 Å². The fraction of sp³-hybridized carbons (Fsp3) is 0.476. The summed E-state index contributed by atoms with van der Waals surface area (Å²) in [4.78, 5) is 10.7. The van der Waals surface area contributed by atoms with Crippen LogP contribution in [0.15, 0.2) is 30.6 Å². The third-order valence-electron chi connectivity index (χ3n) is 5.88. The molecule has 2 aliphatic rings. The molecule has 142 valence electrons. The highest BCUT2D eigenvalue weighted by molar-refractivity contribution is 6.13. The van der Waals surface area contributed by atoms with Gasteiger partial charge in [-0.1, -0.05) is 13.0 Å².